The summed E-state index contributed by atoms with van der Waals surface area (Å²) >= 11 is 0. The molecule has 0 radical (unpaired) electrons. The number of fused-ring (bicyclic) bond motifs is 1. The summed E-state index contributed by atoms with van der Waals surface area (Å²) in [5.41, 5.74) is 3.26. The molecule has 4 heteroatoms. The van der Waals surface area contributed by atoms with E-state index < -0.39 is 0 Å². The Balaban J connectivity index is 1.40. The number of hydrogen-bond acceptors (Lipinski definition) is 2. The number of benzene rings is 2. The van der Waals surface area contributed by atoms with Crippen LogP contribution in [0.4, 0.5) is 0 Å². The van der Waals surface area contributed by atoms with Crippen LogP contribution in [-0.2, 0) is 11.2 Å². The number of carbonyl (C=O) groups is 1. The molecule has 3 aromatic rings. The highest BCUT2D eigenvalue weighted by Crippen LogP contribution is 2.18. The van der Waals surface area contributed by atoms with Crippen LogP contribution >= 0.6 is 0 Å². The van der Waals surface area contributed by atoms with Crippen molar-refractivity contribution in [3.05, 3.63) is 66.0 Å². The summed E-state index contributed by atoms with van der Waals surface area (Å²) in [4.78, 5) is 19.9. The highest BCUT2D eigenvalue weighted by Gasteiger charge is 2.10. The molecular formula is C20H23N3O. The van der Waals surface area contributed by atoms with Crippen LogP contribution in [0.2, 0.25) is 0 Å². The Labute approximate surface area is 142 Å². The maximum atomic E-state index is 12.0. The SMILES string of the molecule is CC(CC(=O)NCCCc1nc2ccccc2[nH]1)c1ccccc1. The van der Waals surface area contributed by atoms with Crippen LogP contribution in [0.3, 0.4) is 0 Å². The van der Waals surface area contributed by atoms with Crippen LogP contribution in [0.1, 0.15) is 37.1 Å². The molecule has 2 aromatic carbocycles. The minimum Gasteiger partial charge on any atom is -0.356 e. The minimum atomic E-state index is 0.107. The number of rotatable bonds is 7. The first-order chi connectivity index (χ1) is 11.7. The summed E-state index contributed by atoms with van der Waals surface area (Å²) < 4.78 is 0. The number of amides is 1. The van der Waals surface area contributed by atoms with Crippen molar-refractivity contribution in [3.63, 3.8) is 0 Å². The first-order valence-corrected chi connectivity index (χ1v) is 8.47. The van der Waals surface area contributed by atoms with Crippen molar-refractivity contribution in [2.45, 2.75) is 32.1 Å². The van der Waals surface area contributed by atoms with Crippen LogP contribution in [0, 0.1) is 0 Å². The summed E-state index contributed by atoms with van der Waals surface area (Å²) in [6.07, 6.45) is 2.24. The fourth-order valence-electron chi connectivity index (χ4n) is 2.86. The molecular weight excluding hydrogens is 298 g/mol. The topological polar surface area (TPSA) is 57.8 Å². The zero-order valence-electron chi connectivity index (χ0n) is 14.0. The molecule has 0 bridgehead atoms. The van der Waals surface area contributed by atoms with Gasteiger partial charge in [-0.25, -0.2) is 4.98 Å². The number of aromatic nitrogens is 2. The van der Waals surface area contributed by atoms with Crippen molar-refractivity contribution in [1.29, 1.82) is 0 Å². The predicted molar refractivity (Wildman–Crippen MR) is 96.9 cm³/mol. The van der Waals surface area contributed by atoms with E-state index in [4.69, 9.17) is 0 Å². The van der Waals surface area contributed by atoms with Gasteiger partial charge in [0.05, 0.1) is 11.0 Å². The van der Waals surface area contributed by atoms with E-state index in [2.05, 4.69) is 34.3 Å². The Morgan fingerprint density at radius 3 is 2.67 bits per heavy atom. The van der Waals surface area contributed by atoms with E-state index in [0.717, 1.165) is 29.7 Å². The number of para-hydroxylation sites is 2. The second-order valence-corrected chi connectivity index (χ2v) is 6.17. The fourth-order valence-corrected chi connectivity index (χ4v) is 2.86. The number of aryl methyl sites for hydroxylation is 1. The Hall–Kier alpha value is -2.62. The Morgan fingerprint density at radius 2 is 1.88 bits per heavy atom. The molecule has 0 aliphatic carbocycles. The number of H-pyrrole nitrogens is 1. The molecule has 2 N–H and O–H groups in total. The van der Waals surface area contributed by atoms with Gasteiger partial charge >= 0.3 is 0 Å². The number of aromatic amines is 1. The van der Waals surface area contributed by atoms with E-state index in [9.17, 15) is 4.79 Å². The lowest BCUT2D eigenvalue weighted by Crippen LogP contribution is -2.25. The molecule has 0 aliphatic heterocycles. The van der Waals surface area contributed by atoms with Crippen molar-refractivity contribution in [3.8, 4) is 0 Å². The van der Waals surface area contributed by atoms with Gasteiger partial charge in [0.25, 0.3) is 0 Å². The Kier molecular flexibility index (Phi) is 5.26. The van der Waals surface area contributed by atoms with E-state index in [1.807, 2.05) is 42.5 Å². The average Bonchev–Trinajstić information content (AvgIpc) is 3.02. The predicted octanol–water partition coefficient (Wildman–Crippen LogP) is 3.81. The molecule has 1 heterocycles. The molecule has 24 heavy (non-hydrogen) atoms. The molecule has 0 spiro atoms. The molecule has 0 aliphatic rings. The first-order valence-electron chi connectivity index (χ1n) is 8.47. The van der Waals surface area contributed by atoms with Gasteiger partial charge < -0.3 is 10.3 Å². The molecule has 0 saturated carbocycles. The van der Waals surface area contributed by atoms with E-state index >= 15 is 0 Å². The second kappa shape index (κ2) is 7.77. The van der Waals surface area contributed by atoms with Gasteiger partial charge in [0.2, 0.25) is 5.91 Å². The zero-order valence-corrected chi connectivity index (χ0v) is 14.0. The molecule has 0 saturated heterocycles. The van der Waals surface area contributed by atoms with Crippen LogP contribution in [0.15, 0.2) is 54.6 Å². The third-order valence-corrected chi connectivity index (χ3v) is 4.21. The molecule has 0 fully saturated rings. The summed E-state index contributed by atoms with van der Waals surface area (Å²) in [5, 5.41) is 3.01. The van der Waals surface area contributed by atoms with Crippen molar-refractivity contribution in [2.75, 3.05) is 6.54 Å². The third-order valence-electron chi connectivity index (χ3n) is 4.21. The zero-order chi connectivity index (χ0) is 16.8. The lowest BCUT2D eigenvalue weighted by molar-refractivity contribution is -0.121. The maximum Gasteiger partial charge on any atom is 0.220 e. The third kappa shape index (κ3) is 4.22. The molecule has 1 unspecified atom stereocenters. The smallest absolute Gasteiger partial charge is 0.220 e. The number of nitrogens with zero attached hydrogens (tertiary/aromatic N) is 1. The lowest BCUT2D eigenvalue weighted by atomic mass is 9.97. The average molecular weight is 321 g/mol. The molecule has 124 valence electrons. The molecule has 3 rings (SSSR count). The summed E-state index contributed by atoms with van der Waals surface area (Å²) in [5.74, 6) is 1.32. The minimum absolute atomic E-state index is 0.107. The first kappa shape index (κ1) is 16.2. The summed E-state index contributed by atoms with van der Waals surface area (Å²) in [6, 6.07) is 18.2. The Morgan fingerprint density at radius 1 is 1.12 bits per heavy atom. The quantitative estimate of drug-likeness (QED) is 0.650. The molecule has 1 atom stereocenters. The van der Waals surface area contributed by atoms with Crippen LogP contribution in [0.25, 0.3) is 11.0 Å². The number of nitrogens with one attached hydrogen (secondary N) is 2. The van der Waals surface area contributed by atoms with Crippen LogP contribution in [-0.4, -0.2) is 22.4 Å². The highest BCUT2D eigenvalue weighted by molar-refractivity contribution is 5.76. The number of imidazole rings is 1. The Bertz CT molecular complexity index is 762. The van der Waals surface area contributed by atoms with Crippen molar-refractivity contribution < 1.29 is 4.79 Å². The number of hydrogen-bond donors (Lipinski definition) is 2. The standard InChI is InChI=1S/C20H23N3O/c1-15(16-8-3-2-4-9-16)14-20(24)21-13-7-12-19-22-17-10-5-6-11-18(17)23-19/h2-6,8-11,15H,7,12-14H2,1H3,(H,21,24)(H,22,23). The van der Waals surface area contributed by atoms with Crippen molar-refractivity contribution in [1.82, 2.24) is 15.3 Å². The summed E-state index contributed by atoms with van der Waals surface area (Å²) in [7, 11) is 0. The largest absolute Gasteiger partial charge is 0.356 e. The van der Waals surface area contributed by atoms with Crippen molar-refractivity contribution in [2.24, 2.45) is 0 Å². The molecule has 4 nitrogen and oxygen atoms in total. The number of carbonyl (C=O) groups excluding carboxylic acids is 1. The monoisotopic (exact) mass is 321 g/mol. The van der Waals surface area contributed by atoms with E-state index in [-0.39, 0.29) is 11.8 Å². The second-order valence-electron chi connectivity index (χ2n) is 6.17. The van der Waals surface area contributed by atoms with Crippen molar-refractivity contribution >= 4 is 16.9 Å². The molecule has 1 amide bonds. The molecule has 1 aromatic heterocycles. The van der Waals surface area contributed by atoms with E-state index in [1.54, 1.807) is 0 Å². The normalized spacial score (nSPS) is 12.2. The van der Waals surface area contributed by atoms with E-state index in [1.165, 1.54) is 5.56 Å². The van der Waals surface area contributed by atoms with Gasteiger partial charge in [-0.05, 0) is 30.0 Å². The van der Waals surface area contributed by atoms with Gasteiger partial charge in [-0.2, -0.15) is 0 Å². The van der Waals surface area contributed by atoms with E-state index in [0.29, 0.717) is 13.0 Å². The fraction of sp³-hybridized carbons (Fsp3) is 0.300. The maximum absolute atomic E-state index is 12.0. The van der Waals surface area contributed by atoms with Gasteiger partial charge in [-0.1, -0.05) is 49.4 Å². The van der Waals surface area contributed by atoms with Crippen LogP contribution in [0.5, 0.6) is 0 Å². The van der Waals surface area contributed by atoms with Gasteiger partial charge in [0, 0.05) is 19.4 Å². The van der Waals surface area contributed by atoms with Gasteiger partial charge in [0.1, 0.15) is 5.82 Å². The lowest BCUT2D eigenvalue weighted by Gasteiger charge is -2.11. The highest BCUT2D eigenvalue weighted by atomic mass is 16.1. The van der Waals surface area contributed by atoms with Gasteiger partial charge in [-0.15, -0.1) is 0 Å². The summed E-state index contributed by atoms with van der Waals surface area (Å²) in [6.45, 7) is 2.76. The van der Waals surface area contributed by atoms with Gasteiger partial charge in [-0.3, -0.25) is 4.79 Å². The van der Waals surface area contributed by atoms with Gasteiger partial charge in [0.15, 0.2) is 0 Å². The van der Waals surface area contributed by atoms with Crippen LogP contribution < -0.4 is 5.32 Å².